The van der Waals surface area contributed by atoms with Gasteiger partial charge in [0.15, 0.2) is 0 Å². The van der Waals surface area contributed by atoms with Crippen LogP contribution < -0.4 is 5.32 Å². The molecule has 1 saturated heterocycles. The summed E-state index contributed by atoms with van der Waals surface area (Å²) in [7, 11) is 0. The second kappa shape index (κ2) is 4.09. The van der Waals surface area contributed by atoms with Gasteiger partial charge in [0.05, 0.1) is 5.56 Å². The Morgan fingerprint density at radius 2 is 2.06 bits per heavy atom. The van der Waals surface area contributed by atoms with Crippen LogP contribution in [0.5, 0.6) is 0 Å². The van der Waals surface area contributed by atoms with Crippen molar-refractivity contribution in [1.82, 2.24) is 5.32 Å². The van der Waals surface area contributed by atoms with Gasteiger partial charge in [0.25, 0.3) is 0 Å². The Hall–Kier alpha value is -1.03. The lowest BCUT2D eigenvalue weighted by Gasteiger charge is -2.17. The highest BCUT2D eigenvalue weighted by atomic mass is 19.4. The van der Waals surface area contributed by atoms with Gasteiger partial charge < -0.3 is 5.32 Å². The molecule has 16 heavy (non-hydrogen) atoms. The van der Waals surface area contributed by atoms with Crippen molar-refractivity contribution in [2.24, 2.45) is 5.92 Å². The largest absolute Gasteiger partial charge is 0.416 e. The van der Waals surface area contributed by atoms with Gasteiger partial charge in [-0.1, -0.05) is 19.1 Å². The fraction of sp³-hybridized carbons (Fsp3) is 0.500. The van der Waals surface area contributed by atoms with Crippen molar-refractivity contribution >= 4 is 0 Å². The maximum Gasteiger partial charge on any atom is 0.416 e. The molecule has 2 rings (SSSR count). The van der Waals surface area contributed by atoms with Crippen LogP contribution in [-0.4, -0.2) is 6.54 Å². The molecule has 4 heteroatoms. The molecule has 2 atom stereocenters. The summed E-state index contributed by atoms with van der Waals surface area (Å²) in [5.41, 5.74) is 0.172. The zero-order valence-corrected chi connectivity index (χ0v) is 9.01. The van der Waals surface area contributed by atoms with Crippen LogP contribution in [0.3, 0.4) is 0 Å². The van der Waals surface area contributed by atoms with E-state index in [1.165, 1.54) is 12.1 Å². The zero-order valence-electron chi connectivity index (χ0n) is 9.01. The molecule has 88 valence electrons. The van der Waals surface area contributed by atoms with Crippen molar-refractivity contribution in [2.75, 3.05) is 6.54 Å². The van der Waals surface area contributed by atoms with Crippen LogP contribution in [-0.2, 0) is 6.18 Å². The maximum absolute atomic E-state index is 12.5. The molecule has 0 amide bonds. The Morgan fingerprint density at radius 1 is 1.31 bits per heavy atom. The van der Waals surface area contributed by atoms with E-state index in [4.69, 9.17) is 0 Å². The average molecular weight is 229 g/mol. The topological polar surface area (TPSA) is 12.0 Å². The Bertz CT molecular complexity index is 373. The maximum atomic E-state index is 12.5. The first kappa shape index (κ1) is 11.5. The van der Waals surface area contributed by atoms with Gasteiger partial charge in [-0.3, -0.25) is 0 Å². The number of benzene rings is 1. The number of alkyl halides is 3. The molecule has 0 spiro atoms. The van der Waals surface area contributed by atoms with Crippen molar-refractivity contribution in [2.45, 2.75) is 25.6 Å². The van der Waals surface area contributed by atoms with Gasteiger partial charge in [0.2, 0.25) is 0 Å². The van der Waals surface area contributed by atoms with Crippen LogP contribution in [0.4, 0.5) is 13.2 Å². The van der Waals surface area contributed by atoms with Crippen LogP contribution in [0.2, 0.25) is 0 Å². The third-order valence-corrected chi connectivity index (χ3v) is 3.11. The molecule has 0 radical (unpaired) electrons. The summed E-state index contributed by atoms with van der Waals surface area (Å²) in [6, 6.07) is 5.66. The molecule has 0 bridgehead atoms. The van der Waals surface area contributed by atoms with Crippen LogP contribution >= 0.6 is 0 Å². The number of hydrogen-bond acceptors (Lipinski definition) is 1. The fourth-order valence-electron chi connectivity index (χ4n) is 2.19. The summed E-state index contributed by atoms with van der Waals surface area (Å²) in [6.45, 7) is 2.94. The van der Waals surface area contributed by atoms with Crippen molar-refractivity contribution < 1.29 is 13.2 Å². The molecule has 0 saturated carbocycles. The minimum Gasteiger partial charge on any atom is -0.310 e. The summed E-state index contributed by atoms with van der Waals surface area (Å²) in [5.74, 6) is 0.392. The van der Waals surface area contributed by atoms with E-state index in [9.17, 15) is 13.2 Å². The van der Waals surface area contributed by atoms with Gasteiger partial charge in [0.1, 0.15) is 0 Å². The van der Waals surface area contributed by atoms with Crippen LogP contribution in [0.1, 0.15) is 30.5 Å². The van der Waals surface area contributed by atoms with Gasteiger partial charge in [-0.2, -0.15) is 13.2 Å². The van der Waals surface area contributed by atoms with E-state index >= 15 is 0 Å². The lowest BCUT2D eigenvalue weighted by atomic mass is 9.95. The minimum absolute atomic E-state index is 0.0577. The van der Waals surface area contributed by atoms with Gasteiger partial charge in [-0.25, -0.2) is 0 Å². The predicted molar refractivity (Wildman–Crippen MR) is 56.0 cm³/mol. The highest BCUT2D eigenvalue weighted by molar-refractivity contribution is 5.28. The van der Waals surface area contributed by atoms with E-state index in [-0.39, 0.29) is 6.04 Å². The SMILES string of the molecule is CC1CCNC1c1cccc(C(F)(F)F)c1. The van der Waals surface area contributed by atoms with Gasteiger partial charge in [-0.15, -0.1) is 0 Å². The Kier molecular flexibility index (Phi) is 2.93. The first-order chi connectivity index (χ1) is 7.48. The standard InChI is InChI=1S/C12H14F3N/c1-8-5-6-16-11(8)9-3-2-4-10(7-9)12(13,14)15/h2-4,7-8,11,16H,5-6H2,1H3. The Labute approximate surface area is 92.7 Å². The van der Waals surface area contributed by atoms with Crippen molar-refractivity contribution in [3.05, 3.63) is 35.4 Å². The first-order valence-corrected chi connectivity index (χ1v) is 5.39. The van der Waals surface area contributed by atoms with E-state index in [0.717, 1.165) is 24.6 Å². The summed E-state index contributed by atoms with van der Waals surface area (Å²) >= 11 is 0. The number of nitrogens with one attached hydrogen (secondary N) is 1. The summed E-state index contributed by atoms with van der Waals surface area (Å²) in [6.07, 6.45) is -3.24. The lowest BCUT2D eigenvalue weighted by molar-refractivity contribution is -0.137. The zero-order chi connectivity index (χ0) is 11.8. The quantitative estimate of drug-likeness (QED) is 0.778. The first-order valence-electron chi connectivity index (χ1n) is 5.39. The minimum atomic E-state index is -4.25. The number of rotatable bonds is 1. The molecular weight excluding hydrogens is 215 g/mol. The fourth-order valence-corrected chi connectivity index (χ4v) is 2.19. The molecule has 1 aliphatic rings. The third-order valence-electron chi connectivity index (χ3n) is 3.11. The normalized spacial score (nSPS) is 26.0. The second-order valence-corrected chi connectivity index (χ2v) is 4.32. The van der Waals surface area contributed by atoms with Gasteiger partial charge >= 0.3 is 6.18 Å². The van der Waals surface area contributed by atoms with Crippen molar-refractivity contribution in [3.8, 4) is 0 Å². The molecule has 1 aromatic rings. The molecule has 1 aromatic carbocycles. The van der Waals surface area contributed by atoms with Crippen LogP contribution in [0.25, 0.3) is 0 Å². The second-order valence-electron chi connectivity index (χ2n) is 4.32. The van der Waals surface area contributed by atoms with E-state index in [1.807, 2.05) is 0 Å². The summed E-state index contributed by atoms with van der Waals surface area (Å²) in [5, 5.41) is 3.23. The molecule has 0 aromatic heterocycles. The number of hydrogen-bond donors (Lipinski definition) is 1. The van der Waals surface area contributed by atoms with E-state index in [2.05, 4.69) is 12.2 Å². The van der Waals surface area contributed by atoms with Gasteiger partial charge in [-0.05, 0) is 36.6 Å². The Balaban J connectivity index is 2.29. The molecular formula is C12H14F3N. The number of halogens is 3. The summed E-state index contributed by atoms with van der Waals surface area (Å²) in [4.78, 5) is 0. The van der Waals surface area contributed by atoms with E-state index in [1.54, 1.807) is 6.07 Å². The highest BCUT2D eigenvalue weighted by Gasteiger charge is 2.32. The lowest BCUT2D eigenvalue weighted by Crippen LogP contribution is -2.17. The monoisotopic (exact) mass is 229 g/mol. The molecule has 0 aliphatic carbocycles. The highest BCUT2D eigenvalue weighted by Crippen LogP contribution is 2.34. The molecule has 1 heterocycles. The van der Waals surface area contributed by atoms with Crippen LogP contribution in [0, 0.1) is 5.92 Å². The molecule has 1 fully saturated rings. The average Bonchev–Trinajstić information content (AvgIpc) is 2.63. The molecule has 2 unspecified atom stereocenters. The van der Waals surface area contributed by atoms with Crippen molar-refractivity contribution in [3.63, 3.8) is 0 Å². The molecule has 1 nitrogen and oxygen atoms in total. The molecule has 1 aliphatic heterocycles. The van der Waals surface area contributed by atoms with Gasteiger partial charge in [0, 0.05) is 6.04 Å². The van der Waals surface area contributed by atoms with E-state index in [0.29, 0.717) is 5.92 Å². The van der Waals surface area contributed by atoms with Crippen molar-refractivity contribution in [1.29, 1.82) is 0 Å². The Morgan fingerprint density at radius 3 is 2.62 bits per heavy atom. The molecule has 1 N–H and O–H groups in total. The third kappa shape index (κ3) is 2.21. The predicted octanol–water partition coefficient (Wildman–Crippen LogP) is 3.38. The van der Waals surface area contributed by atoms with E-state index < -0.39 is 11.7 Å². The smallest absolute Gasteiger partial charge is 0.310 e. The summed E-state index contributed by atoms with van der Waals surface area (Å²) < 4.78 is 37.6. The van der Waals surface area contributed by atoms with Crippen LogP contribution in [0.15, 0.2) is 24.3 Å².